The minimum atomic E-state index is -3.37. The van der Waals surface area contributed by atoms with Crippen LogP contribution in [0.1, 0.15) is 37.3 Å². The summed E-state index contributed by atoms with van der Waals surface area (Å²) in [4.78, 5) is 0.382. The molecule has 0 saturated carbocycles. The van der Waals surface area contributed by atoms with Gasteiger partial charge in [0.25, 0.3) is 0 Å². The van der Waals surface area contributed by atoms with Crippen molar-refractivity contribution in [1.82, 2.24) is 4.72 Å². The van der Waals surface area contributed by atoms with Crippen LogP contribution in [0.3, 0.4) is 0 Å². The Hall–Kier alpha value is -0.580. The summed E-state index contributed by atoms with van der Waals surface area (Å²) in [7, 11) is -3.37. The predicted octanol–water partition coefficient (Wildman–Crippen LogP) is 2.86. The fourth-order valence-corrected chi connectivity index (χ4v) is 3.67. The lowest BCUT2D eigenvalue weighted by Gasteiger charge is -2.09. The van der Waals surface area contributed by atoms with Crippen LogP contribution in [0, 0.1) is 0 Å². The lowest BCUT2D eigenvalue weighted by atomic mass is 10.1. The summed E-state index contributed by atoms with van der Waals surface area (Å²) < 4.78 is 26.9. The Labute approximate surface area is 120 Å². The van der Waals surface area contributed by atoms with Gasteiger partial charge < -0.3 is 0 Å². The second-order valence-corrected chi connectivity index (χ2v) is 7.62. The van der Waals surface area contributed by atoms with Gasteiger partial charge in [0.1, 0.15) is 0 Å². The Balaban J connectivity index is 1.99. The van der Waals surface area contributed by atoms with Crippen LogP contribution in [0.2, 0.25) is 0 Å². The van der Waals surface area contributed by atoms with Crippen molar-refractivity contribution < 1.29 is 8.42 Å². The molecule has 2 rings (SSSR count). The Morgan fingerprint density at radius 1 is 1.32 bits per heavy atom. The molecule has 0 fully saturated rings. The highest BCUT2D eigenvalue weighted by atomic mass is 35.5. The zero-order valence-electron chi connectivity index (χ0n) is 11.2. The van der Waals surface area contributed by atoms with Crippen LogP contribution in [0.25, 0.3) is 0 Å². The Kier molecular flexibility index (Phi) is 4.87. The van der Waals surface area contributed by atoms with Crippen molar-refractivity contribution in [3.8, 4) is 0 Å². The molecular formula is C14H20ClNO2S. The van der Waals surface area contributed by atoms with Crippen LogP contribution in [-0.2, 0) is 22.9 Å². The molecule has 106 valence electrons. The van der Waals surface area contributed by atoms with E-state index < -0.39 is 10.0 Å². The van der Waals surface area contributed by atoms with Crippen LogP contribution < -0.4 is 4.72 Å². The average Bonchev–Trinajstić information content (AvgIpc) is 2.81. The van der Waals surface area contributed by atoms with Crippen molar-refractivity contribution in [2.24, 2.45) is 0 Å². The molecule has 1 atom stereocenters. The van der Waals surface area contributed by atoms with E-state index in [2.05, 4.69) is 4.72 Å². The molecular weight excluding hydrogens is 282 g/mol. The van der Waals surface area contributed by atoms with E-state index in [0.29, 0.717) is 11.4 Å². The molecule has 0 spiro atoms. The van der Waals surface area contributed by atoms with Gasteiger partial charge in [-0.05, 0) is 62.3 Å². The van der Waals surface area contributed by atoms with E-state index in [1.54, 1.807) is 6.07 Å². The van der Waals surface area contributed by atoms with E-state index in [9.17, 15) is 8.42 Å². The van der Waals surface area contributed by atoms with Gasteiger partial charge in [-0.1, -0.05) is 6.07 Å². The first-order valence-corrected chi connectivity index (χ1v) is 8.66. The van der Waals surface area contributed by atoms with Crippen molar-refractivity contribution in [2.75, 3.05) is 6.54 Å². The molecule has 0 bridgehead atoms. The Morgan fingerprint density at radius 3 is 2.79 bits per heavy atom. The molecule has 1 aromatic rings. The first-order chi connectivity index (χ1) is 8.99. The summed E-state index contributed by atoms with van der Waals surface area (Å²) in [5, 5.41) is 0.0875. The zero-order valence-corrected chi connectivity index (χ0v) is 12.7. The van der Waals surface area contributed by atoms with Gasteiger partial charge in [0.05, 0.1) is 4.90 Å². The third kappa shape index (κ3) is 3.94. The quantitative estimate of drug-likeness (QED) is 0.649. The third-order valence-electron chi connectivity index (χ3n) is 3.45. The number of nitrogens with one attached hydrogen (secondary N) is 1. The minimum Gasteiger partial charge on any atom is -0.211 e. The minimum absolute atomic E-state index is 0.0875. The van der Waals surface area contributed by atoms with Crippen molar-refractivity contribution in [1.29, 1.82) is 0 Å². The molecule has 0 heterocycles. The topological polar surface area (TPSA) is 46.2 Å². The van der Waals surface area contributed by atoms with Crippen molar-refractivity contribution in [3.63, 3.8) is 0 Å². The highest BCUT2D eigenvalue weighted by Crippen LogP contribution is 2.24. The lowest BCUT2D eigenvalue weighted by Crippen LogP contribution is -2.25. The Morgan fingerprint density at radius 2 is 2.05 bits per heavy atom. The van der Waals surface area contributed by atoms with E-state index in [1.165, 1.54) is 11.1 Å². The fraction of sp³-hybridized carbons (Fsp3) is 0.571. The van der Waals surface area contributed by atoms with E-state index >= 15 is 0 Å². The third-order valence-corrected chi connectivity index (χ3v) is 5.13. The molecule has 1 aliphatic rings. The monoisotopic (exact) mass is 301 g/mol. The van der Waals surface area contributed by atoms with Crippen LogP contribution in [0.4, 0.5) is 0 Å². The maximum absolute atomic E-state index is 12.1. The molecule has 1 aliphatic carbocycles. The summed E-state index contributed by atoms with van der Waals surface area (Å²) in [6, 6.07) is 5.46. The van der Waals surface area contributed by atoms with E-state index in [-0.39, 0.29) is 5.38 Å². The average molecular weight is 302 g/mol. The highest BCUT2D eigenvalue weighted by Gasteiger charge is 2.17. The second-order valence-electron chi connectivity index (χ2n) is 5.10. The van der Waals surface area contributed by atoms with Crippen LogP contribution in [-0.4, -0.2) is 20.3 Å². The summed E-state index contributed by atoms with van der Waals surface area (Å²) in [5.74, 6) is 0. The van der Waals surface area contributed by atoms with Crippen LogP contribution >= 0.6 is 11.6 Å². The molecule has 5 heteroatoms. The van der Waals surface area contributed by atoms with E-state index in [4.69, 9.17) is 11.6 Å². The van der Waals surface area contributed by atoms with Crippen LogP contribution in [0.15, 0.2) is 23.1 Å². The molecule has 0 aromatic heterocycles. The number of hydrogen-bond donors (Lipinski definition) is 1. The molecule has 19 heavy (non-hydrogen) atoms. The fourth-order valence-electron chi connectivity index (χ4n) is 2.39. The summed E-state index contributed by atoms with van der Waals surface area (Å²) in [5.41, 5.74) is 2.46. The Bertz CT molecular complexity index is 540. The molecule has 3 nitrogen and oxygen atoms in total. The van der Waals surface area contributed by atoms with Crippen molar-refractivity contribution in [3.05, 3.63) is 29.3 Å². The van der Waals surface area contributed by atoms with Gasteiger partial charge in [-0.15, -0.1) is 11.6 Å². The van der Waals surface area contributed by atoms with Crippen molar-refractivity contribution in [2.45, 2.75) is 49.3 Å². The molecule has 0 radical (unpaired) electrons. The summed E-state index contributed by atoms with van der Waals surface area (Å²) in [6.07, 6.45) is 4.75. The van der Waals surface area contributed by atoms with Gasteiger partial charge in [0, 0.05) is 11.9 Å². The number of aryl methyl sites for hydroxylation is 2. The molecule has 0 amide bonds. The molecule has 1 unspecified atom stereocenters. The van der Waals surface area contributed by atoms with Gasteiger partial charge >= 0.3 is 0 Å². The summed E-state index contributed by atoms with van der Waals surface area (Å²) in [6.45, 7) is 2.35. The van der Waals surface area contributed by atoms with Gasteiger partial charge in [-0.25, -0.2) is 13.1 Å². The SMILES string of the molecule is CC(Cl)CCCNS(=O)(=O)c1ccc2c(c1)CCC2. The number of fused-ring (bicyclic) bond motifs is 1. The summed E-state index contributed by atoms with van der Waals surface area (Å²) >= 11 is 5.83. The lowest BCUT2D eigenvalue weighted by molar-refractivity contribution is 0.576. The van der Waals surface area contributed by atoms with E-state index in [0.717, 1.165) is 32.1 Å². The number of halogens is 1. The number of sulfonamides is 1. The molecule has 1 N–H and O–H groups in total. The van der Waals surface area contributed by atoms with Gasteiger partial charge in [0.15, 0.2) is 0 Å². The molecule has 0 saturated heterocycles. The number of rotatable bonds is 6. The van der Waals surface area contributed by atoms with Gasteiger partial charge in [0.2, 0.25) is 10.0 Å². The zero-order chi connectivity index (χ0) is 13.9. The normalized spacial score (nSPS) is 16.3. The maximum atomic E-state index is 12.1. The smallest absolute Gasteiger partial charge is 0.211 e. The number of benzene rings is 1. The molecule has 1 aromatic carbocycles. The first kappa shape index (κ1) is 14.8. The van der Waals surface area contributed by atoms with Gasteiger partial charge in [-0.2, -0.15) is 0 Å². The predicted molar refractivity (Wildman–Crippen MR) is 78.2 cm³/mol. The van der Waals surface area contributed by atoms with Gasteiger partial charge in [-0.3, -0.25) is 0 Å². The van der Waals surface area contributed by atoms with Crippen molar-refractivity contribution >= 4 is 21.6 Å². The van der Waals surface area contributed by atoms with E-state index in [1.807, 2.05) is 19.1 Å². The number of hydrogen-bond acceptors (Lipinski definition) is 2. The largest absolute Gasteiger partial charge is 0.240 e. The standard InChI is InChI=1S/C14H20ClNO2S/c1-11(15)4-3-9-16-19(17,18)14-8-7-12-5-2-6-13(12)10-14/h7-8,10-11,16H,2-6,9H2,1H3. The van der Waals surface area contributed by atoms with Crippen LogP contribution in [0.5, 0.6) is 0 Å². The maximum Gasteiger partial charge on any atom is 0.240 e. The number of alkyl halides is 1. The molecule has 0 aliphatic heterocycles. The highest BCUT2D eigenvalue weighted by molar-refractivity contribution is 7.89. The second kappa shape index (κ2) is 6.25. The first-order valence-electron chi connectivity index (χ1n) is 6.74.